The molecule has 0 aliphatic heterocycles. The van der Waals surface area contributed by atoms with Gasteiger partial charge in [-0.1, -0.05) is 62.9 Å². The molecule has 2 aromatic carbocycles. The van der Waals surface area contributed by atoms with Gasteiger partial charge in [-0.3, -0.25) is 4.90 Å². The molecule has 8 heteroatoms. The van der Waals surface area contributed by atoms with Gasteiger partial charge in [-0.05, 0) is 18.6 Å². The van der Waals surface area contributed by atoms with E-state index in [0.717, 1.165) is 49.8 Å². The maximum atomic E-state index is 14.2. The number of anilines is 1. The molecule has 2 amide bonds. The number of methoxy groups -OCH3 is 2. The molecule has 2 rings (SSSR count). The zero-order valence-electron chi connectivity index (χ0n) is 19.6. The van der Waals surface area contributed by atoms with Gasteiger partial charge in [0.1, 0.15) is 18.2 Å². The minimum Gasteiger partial charge on any atom is -0.354 e. The van der Waals surface area contributed by atoms with Crippen molar-refractivity contribution in [3.8, 4) is 0 Å². The van der Waals surface area contributed by atoms with Crippen LogP contribution in [-0.4, -0.2) is 44.6 Å². The summed E-state index contributed by atoms with van der Waals surface area (Å²) in [7, 11) is 3.01. The van der Waals surface area contributed by atoms with E-state index in [9.17, 15) is 13.6 Å². The van der Waals surface area contributed by atoms with Crippen molar-refractivity contribution in [2.75, 3.05) is 32.7 Å². The molecule has 2 aromatic rings. The Morgan fingerprint density at radius 2 is 1.70 bits per heavy atom. The first-order valence-corrected chi connectivity index (χ1v) is 11.2. The maximum Gasteiger partial charge on any atom is 0.324 e. The number of rotatable bonds is 14. The van der Waals surface area contributed by atoms with Gasteiger partial charge < -0.3 is 19.5 Å². The summed E-state index contributed by atoms with van der Waals surface area (Å²) in [5.41, 5.74) is 0.655. The number of halogens is 2. The van der Waals surface area contributed by atoms with Crippen LogP contribution in [0.25, 0.3) is 0 Å². The lowest BCUT2D eigenvalue weighted by molar-refractivity contribution is -0.167. The van der Waals surface area contributed by atoms with Crippen molar-refractivity contribution in [2.24, 2.45) is 0 Å². The third-order valence-corrected chi connectivity index (χ3v) is 5.22. The zero-order valence-corrected chi connectivity index (χ0v) is 19.6. The Balaban J connectivity index is 2.27. The third-order valence-electron chi connectivity index (χ3n) is 5.22. The van der Waals surface area contributed by atoms with Crippen LogP contribution in [0.3, 0.4) is 0 Å². The number of nitrogens with one attached hydrogen (secondary N) is 1. The van der Waals surface area contributed by atoms with Gasteiger partial charge in [0.05, 0.1) is 5.69 Å². The molecule has 0 saturated carbocycles. The maximum absolute atomic E-state index is 14.2. The number of hydrogen-bond acceptors (Lipinski definition) is 4. The minimum atomic E-state index is -0.845. The molecule has 0 heterocycles. The van der Waals surface area contributed by atoms with Crippen molar-refractivity contribution >= 4 is 11.7 Å². The Morgan fingerprint density at radius 1 is 1.00 bits per heavy atom. The number of unbranched alkanes of at least 4 members (excludes halogenated alkanes) is 4. The summed E-state index contributed by atoms with van der Waals surface area (Å²) in [5.74, 6) is -1.56. The van der Waals surface area contributed by atoms with Crippen molar-refractivity contribution in [3.63, 3.8) is 0 Å². The number of nitrogens with zero attached hydrogens (tertiary/aromatic N) is 1. The van der Waals surface area contributed by atoms with Gasteiger partial charge in [0.25, 0.3) is 0 Å². The summed E-state index contributed by atoms with van der Waals surface area (Å²) in [6.07, 6.45) is 3.63. The molecule has 0 aliphatic carbocycles. The highest BCUT2D eigenvalue weighted by atomic mass is 19.1. The topological polar surface area (TPSA) is 60.0 Å². The molecular weight excluding hydrogens is 430 g/mol. The van der Waals surface area contributed by atoms with E-state index < -0.39 is 30.2 Å². The van der Waals surface area contributed by atoms with E-state index >= 15 is 0 Å². The van der Waals surface area contributed by atoms with Crippen LogP contribution >= 0.6 is 0 Å². The normalized spacial score (nSPS) is 12.1. The Labute approximate surface area is 194 Å². The Bertz CT molecular complexity index is 834. The van der Waals surface area contributed by atoms with E-state index in [-0.39, 0.29) is 12.3 Å². The van der Waals surface area contributed by atoms with Crippen LogP contribution in [-0.2, 0) is 14.2 Å². The van der Waals surface area contributed by atoms with E-state index in [1.165, 1.54) is 25.2 Å². The highest BCUT2D eigenvalue weighted by Gasteiger charge is 2.27. The Morgan fingerprint density at radius 3 is 2.33 bits per heavy atom. The standard InChI is InChI=1S/C25H34F2N2O4/c1-4-5-6-7-11-16-29(25(30)28-22-15-14-20(26)17-21(22)27)24(19-12-9-8-10-13-19)33-18-23(31-2)32-3/h8-10,12-15,17,23-24H,4-7,11,16,18H2,1-3H3,(H,28,30). The van der Waals surface area contributed by atoms with Gasteiger partial charge >= 0.3 is 6.03 Å². The summed E-state index contributed by atoms with van der Waals surface area (Å²) in [4.78, 5) is 14.8. The van der Waals surface area contributed by atoms with Crippen molar-refractivity contribution in [1.29, 1.82) is 0 Å². The van der Waals surface area contributed by atoms with Gasteiger partial charge in [-0.2, -0.15) is 0 Å². The number of hydrogen-bond donors (Lipinski definition) is 1. The van der Waals surface area contributed by atoms with Gasteiger partial charge in [0.15, 0.2) is 12.5 Å². The molecule has 0 radical (unpaired) electrons. The van der Waals surface area contributed by atoms with Crippen LogP contribution < -0.4 is 5.32 Å². The molecule has 182 valence electrons. The summed E-state index contributed by atoms with van der Waals surface area (Å²) < 4.78 is 44.0. The van der Waals surface area contributed by atoms with E-state index in [4.69, 9.17) is 14.2 Å². The fourth-order valence-electron chi connectivity index (χ4n) is 3.37. The lowest BCUT2D eigenvalue weighted by Gasteiger charge is -2.33. The van der Waals surface area contributed by atoms with Gasteiger partial charge in [-0.25, -0.2) is 13.6 Å². The second-order valence-corrected chi connectivity index (χ2v) is 7.66. The quantitative estimate of drug-likeness (QED) is 0.271. The summed E-state index contributed by atoms with van der Waals surface area (Å²) in [6, 6.07) is 11.8. The van der Waals surface area contributed by atoms with Crippen molar-refractivity contribution in [2.45, 2.75) is 51.5 Å². The van der Waals surface area contributed by atoms with Gasteiger partial charge in [0.2, 0.25) is 0 Å². The highest BCUT2D eigenvalue weighted by molar-refractivity contribution is 5.89. The first kappa shape index (κ1) is 26.7. The number of amides is 2. The van der Waals surface area contributed by atoms with E-state index in [1.807, 2.05) is 30.3 Å². The Kier molecular flexibility index (Phi) is 11.8. The number of carbonyl (C=O) groups excluding carboxylic acids is 1. The molecule has 1 atom stereocenters. The van der Waals surface area contributed by atoms with Gasteiger partial charge in [0, 0.05) is 32.4 Å². The molecule has 6 nitrogen and oxygen atoms in total. The van der Waals surface area contributed by atoms with Gasteiger partial charge in [-0.15, -0.1) is 0 Å². The molecule has 0 spiro atoms. The second kappa shape index (κ2) is 14.6. The fraction of sp³-hybridized carbons (Fsp3) is 0.480. The predicted molar refractivity (Wildman–Crippen MR) is 124 cm³/mol. The minimum absolute atomic E-state index is 0.0804. The molecule has 0 aromatic heterocycles. The SMILES string of the molecule is CCCCCCCN(C(=O)Nc1ccc(F)cc1F)C(OCC(OC)OC)c1ccccc1. The van der Waals surface area contributed by atoms with Crippen LogP contribution in [0, 0.1) is 11.6 Å². The summed E-state index contributed by atoms with van der Waals surface area (Å²) >= 11 is 0. The van der Waals surface area contributed by atoms with Crippen molar-refractivity contribution < 1.29 is 27.8 Å². The lowest BCUT2D eigenvalue weighted by Crippen LogP contribution is -2.41. The summed E-state index contributed by atoms with van der Waals surface area (Å²) in [6.45, 7) is 2.61. The molecule has 0 bridgehead atoms. The van der Waals surface area contributed by atoms with Crippen molar-refractivity contribution in [3.05, 3.63) is 65.7 Å². The first-order chi connectivity index (χ1) is 16.0. The molecule has 1 unspecified atom stereocenters. The molecule has 1 N–H and O–H groups in total. The van der Waals surface area contributed by atoms with E-state index in [0.29, 0.717) is 6.54 Å². The van der Waals surface area contributed by atoms with Crippen LogP contribution in [0.2, 0.25) is 0 Å². The largest absolute Gasteiger partial charge is 0.354 e. The monoisotopic (exact) mass is 464 g/mol. The van der Waals surface area contributed by atoms with E-state index in [1.54, 1.807) is 0 Å². The second-order valence-electron chi connectivity index (χ2n) is 7.66. The highest BCUT2D eigenvalue weighted by Crippen LogP contribution is 2.26. The Hall–Kier alpha value is -2.55. The number of urea groups is 1. The number of benzene rings is 2. The summed E-state index contributed by atoms with van der Waals surface area (Å²) in [5, 5.41) is 2.56. The molecule has 33 heavy (non-hydrogen) atoms. The van der Waals surface area contributed by atoms with Crippen LogP contribution in [0.4, 0.5) is 19.3 Å². The smallest absolute Gasteiger partial charge is 0.324 e. The average molecular weight is 465 g/mol. The molecule has 0 aliphatic rings. The predicted octanol–water partition coefficient (Wildman–Crippen LogP) is 6.10. The van der Waals surface area contributed by atoms with Crippen LogP contribution in [0.15, 0.2) is 48.5 Å². The third kappa shape index (κ3) is 8.72. The average Bonchev–Trinajstić information content (AvgIpc) is 2.82. The number of ether oxygens (including phenoxy) is 3. The lowest BCUT2D eigenvalue weighted by atomic mass is 10.1. The molecule has 0 saturated heterocycles. The fourth-order valence-corrected chi connectivity index (χ4v) is 3.37. The zero-order chi connectivity index (χ0) is 24.1. The van der Waals surface area contributed by atoms with E-state index in [2.05, 4.69) is 12.2 Å². The molecule has 0 fully saturated rings. The van der Waals surface area contributed by atoms with Crippen molar-refractivity contribution in [1.82, 2.24) is 4.90 Å². The molecular formula is C25H34F2N2O4. The van der Waals surface area contributed by atoms with Crippen LogP contribution in [0.5, 0.6) is 0 Å². The first-order valence-electron chi connectivity index (χ1n) is 11.2. The number of carbonyl (C=O) groups is 1. The van der Waals surface area contributed by atoms with Crippen LogP contribution in [0.1, 0.15) is 50.8 Å².